The Morgan fingerprint density at radius 1 is 0.966 bits per heavy atom. The Hall–Kier alpha value is -2.66. The van der Waals surface area contributed by atoms with Crippen LogP contribution >= 0.6 is 0 Å². The molecule has 154 valence electrons. The van der Waals surface area contributed by atoms with Crippen molar-refractivity contribution in [2.75, 3.05) is 20.3 Å². The van der Waals surface area contributed by atoms with E-state index in [9.17, 15) is 14.7 Å². The first-order valence-electron chi connectivity index (χ1n) is 10.3. The molecule has 1 saturated carbocycles. The van der Waals surface area contributed by atoms with Crippen molar-refractivity contribution in [1.29, 1.82) is 0 Å². The van der Waals surface area contributed by atoms with Gasteiger partial charge in [0, 0.05) is 25.8 Å². The highest BCUT2D eigenvalue weighted by molar-refractivity contribution is 6.04. The predicted octanol–water partition coefficient (Wildman–Crippen LogP) is 4.77. The molecule has 0 unspecified atom stereocenters. The molecular formula is C24H29NO4. The van der Waals surface area contributed by atoms with Gasteiger partial charge in [0.25, 0.3) is 5.91 Å². The number of hydrogen-bond acceptors (Lipinski definition) is 3. The second-order valence-corrected chi connectivity index (χ2v) is 7.88. The molecule has 0 saturated heterocycles. The molecule has 2 aromatic carbocycles. The van der Waals surface area contributed by atoms with E-state index in [4.69, 9.17) is 4.74 Å². The molecule has 1 aliphatic carbocycles. The van der Waals surface area contributed by atoms with Crippen molar-refractivity contribution in [3.63, 3.8) is 0 Å². The molecule has 1 aliphatic rings. The van der Waals surface area contributed by atoms with Crippen LogP contribution in [0.4, 0.5) is 0 Å². The van der Waals surface area contributed by atoms with Crippen LogP contribution in [0, 0.1) is 5.41 Å². The molecule has 2 N–H and O–H groups in total. The number of carbonyl (C=O) groups excluding carboxylic acids is 1. The second kappa shape index (κ2) is 9.70. The Kier molecular flexibility index (Phi) is 7.04. The molecule has 2 aromatic rings. The number of hydrogen-bond donors (Lipinski definition) is 2. The van der Waals surface area contributed by atoms with Gasteiger partial charge in [0.1, 0.15) is 0 Å². The molecule has 0 heterocycles. The maximum absolute atomic E-state index is 13.1. The maximum atomic E-state index is 13.1. The van der Waals surface area contributed by atoms with Crippen molar-refractivity contribution < 1.29 is 19.4 Å². The van der Waals surface area contributed by atoms with Crippen molar-refractivity contribution in [2.24, 2.45) is 5.41 Å². The van der Waals surface area contributed by atoms with Crippen LogP contribution in [0.1, 0.15) is 59.2 Å². The van der Waals surface area contributed by atoms with E-state index in [1.807, 2.05) is 12.1 Å². The van der Waals surface area contributed by atoms with Gasteiger partial charge in [0.15, 0.2) is 0 Å². The molecule has 0 aromatic heterocycles. The maximum Gasteiger partial charge on any atom is 0.336 e. The zero-order valence-corrected chi connectivity index (χ0v) is 16.9. The number of methoxy groups -OCH3 is 1. The van der Waals surface area contributed by atoms with Gasteiger partial charge in [-0.1, -0.05) is 55.7 Å². The molecule has 0 aliphatic heterocycles. The molecule has 1 fully saturated rings. The summed E-state index contributed by atoms with van der Waals surface area (Å²) < 4.78 is 5.31. The smallest absolute Gasteiger partial charge is 0.336 e. The van der Waals surface area contributed by atoms with Gasteiger partial charge in [-0.05, 0) is 47.9 Å². The molecule has 1 amide bonds. The van der Waals surface area contributed by atoms with Crippen molar-refractivity contribution in [3.8, 4) is 11.1 Å². The highest BCUT2D eigenvalue weighted by atomic mass is 16.5. The molecule has 5 heteroatoms. The standard InChI is InChI=1S/C24H29NO4/c1-29-16-15-24(13-7-2-8-14-24)17-25-22(26)20-11-5-3-9-18(20)19-10-4-6-12-21(19)23(27)28/h3-6,9-12H,2,7-8,13-17H2,1H3,(H,25,26)(H,27,28). The van der Waals surface area contributed by atoms with E-state index in [1.165, 1.54) is 19.3 Å². The van der Waals surface area contributed by atoms with Gasteiger partial charge in [-0.15, -0.1) is 0 Å². The third kappa shape index (κ3) is 5.04. The summed E-state index contributed by atoms with van der Waals surface area (Å²) in [4.78, 5) is 24.7. The number of amides is 1. The third-order valence-corrected chi connectivity index (χ3v) is 5.99. The van der Waals surface area contributed by atoms with Crippen LogP contribution in [0.15, 0.2) is 48.5 Å². The summed E-state index contributed by atoms with van der Waals surface area (Å²) in [6.45, 7) is 1.31. The van der Waals surface area contributed by atoms with Crippen LogP contribution < -0.4 is 5.32 Å². The summed E-state index contributed by atoms with van der Waals surface area (Å²) in [6, 6.07) is 14.0. The fraction of sp³-hybridized carbons (Fsp3) is 0.417. The van der Waals surface area contributed by atoms with Crippen LogP contribution in [0.5, 0.6) is 0 Å². The zero-order valence-electron chi connectivity index (χ0n) is 16.9. The fourth-order valence-corrected chi connectivity index (χ4v) is 4.32. The van der Waals surface area contributed by atoms with Gasteiger partial charge in [-0.25, -0.2) is 4.79 Å². The SMILES string of the molecule is COCCC1(CNC(=O)c2ccccc2-c2ccccc2C(=O)O)CCCCC1. The number of rotatable bonds is 8. The van der Waals surface area contributed by atoms with E-state index in [2.05, 4.69) is 5.32 Å². The Labute approximate surface area is 172 Å². The minimum Gasteiger partial charge on any atom is -0.478 e. The number of benzene rings is 2. The fourth-order valence-electron chi connectivity index (χ4n) is 4.32. The molecule has 0 bridgehead atoms. The Balaban J connectivity index is 1.83. The van der Waals surface area contributed by atoms with E-state index in [1.54, 1.807) is 43.5 Å². The van der Waals surface area contributed by atoms with Gasteiger partial charge < -0.3 is 15.2 Å². The van der Waals surface area contributed by atoms with Gasteiger partial charge >= 0.3 is 5.97 Å². The topological polar surface area (TPSA) is 75.6 Å². The first-order valence-corrected chi connectivity index (χ1v) is 10.3. The van der Waals surface area contributed by atoms with E-state index < -0.39 is 5.97 Å². The lowest BCUT2D eigenvalue weighted by Crippen LogP contribution is -2.40. The highest BCUT2D eigenvalue weighted by Gasteiger charge is 2.32. The molecule has 0 spiro atoms. The highest BCUT2D eigenvalue weighted by Crippen LogP contribution is 2.39. The first-order chi connectivity index (χ1) is 14.1. The minimum absolute atomic E-state index is 0.0812. The Morgan fingerprint density at radius 3 is 2.17 bits per heavy atom. The van der Waals surface area contributed by atoms with Crippen molar-refractivity contribution in [3.05, 3.63) is 59.7 Å². The van der Waals surface area contributed by atoms with E-state index in [0.29, 0.717) is 29.8 Å². The zero-order chi connectivity index (χ0) is 20.7. The summed E-state index contributed by atoms with van der Waals surface area (Å²) in [5, 5.41) is 12.7. The number of ether oxygens (including phenoxy) is 1. The summed E-state index contributed by atoms with van der Waals surface area (Å²) in [6.07, 6.45) is 6.75. The van der Waals surface area contributed by atoms with Crippen LogP contribution in [0.25, 0.3) is 11.1 Å². The minimum atomic E-state index is -1.00. The molecule has 0 atom stereocenters. The van der Waals surface area contributed by atoms with Crippen molar-refractivity contribution in [1.82, 2.24) is 5.32 Å². The van der Waals surface area contributed by atoms with Crippen molar-refractivity contribution >= 4 is 11.9 Å². The van der Waals surface area contributed by atoms with Gasteiger partial charge in [-0.2, -0.15) is 0 Å². The molecule has 29 heavy (non-hydrogen) atoms. The van der Waals surface area contributed by atoms with E-state index in [-0.39, 0.29) is 16.9 Å². The molecular weight excluding hydrogens is 366 g/mol. The molecule has 0 radical (unpaired) electrons. The largest absolute Gasteiger partial charge is 0.478 e. The number of carboxylic acid groups (broad SMARTS) is 1. The predicted molar refractivity (Wildman–Crippen MR) is 113 cm³/mol. The van der Waals surface area contributed by atoms with Gasteiger partial charge in [0.05, 0.1) is 5.56 Å². The lowest BCUT2D eigenvalue weighted by molar-refractivity contribution is 0.0697. The molecule has 5 nitrogen and oxygen atoms in total. The van der Waals surface area contributed by atoms with Gasteiger partial charge in [-0.3, -0.25) is 4.79 Å². The van der Waals surface area contributed by atoms with Crippen LogP contribution in [-0.2, 0) is 4.74 Å². The molecule has 3 rings (SSSR count). The number of aromatic carboxylic acids is 1. The van der Waals surface area contributed by atoms with Crippen LogP contribution in [-0.4, -0.2) is 37.2 Å². The van der Waals surface area contributed by atoms with Gasteiger partial charge in [0.2, 0.25) is 0 Å². The number of nitrogens with one attached hydrogen (secondary N) is 1. The number of carboxylic acids is 1. The summed E-state index contributed by atoms with van der Waals surface area (Å²) in [5.41, 5.74) is 1.96. The van der Waals surface area contributed by atoms with E-state index in [0.717, 1.165) is 19.3 Å². The monoisotopic (exact) mass is 395 g/mol. The average Bonchev–Trinajstić information content (AvgIpc) is 2.77. The lowest BCUT2D eigenvalue weighted by atomic mass is 9.72. The quantitative estimate of drug-likeness (QED) is 0.675. The summed E-state index contributed by atoms with van der Waals surface area (Å²) in [5.74, 6) is -1.17. The summed E-state index contributed by atoms with van der Waals surface area (Å²) in [7, 11) is 1.71. The first kappa shape index (κ1) is 21.1. The Morgan fingerprint density at radius 2 is 1.55 bits per heavy atom. The normalized spacial score (nSPS) is 15.6. The second-order valence-electron chi connectivity index (χ2n) is 7.88. The summed E-state index contributed by atoms with van der Waals surface area (Å²) >= 11 is 0. The van der Waals surface area contributed by atoms with Crippen LogP contribution in [0.2, 0.25) is 0 Å². The number of carbonyl (C=O) groups is 2. The van der Waals surface area contributed by atoms with Crippen LogP contribution in [0.3, 0.4) is 0 Å². The van der Waals surface area contributed by atoms with E-state index >= 15 is 0 Å². The lowest BCUT2D eigenvalue weighted by Gasteiger charge is -2.37. The third-order valence-electron chi connectivity index (χ3n) is 5.99. The Bertz CT molecular complexity index is 855. The van der Waals surface area contributed by atoms with Crippen molar-refractivity contribution in [2.45, 2.75) is 38.5 Å². The average molecular weight is 395 g/mol.